The zero-order chi connectivity index (χ0) is 25.9. The molecule has 2 aromatic carbocycles. The molecule has 0 spiro atoms. The number of pyridine rings is 1. The average Bonchev–Trinajstić information content (AvgIpc) is 3.63. The van der Waals surface area contributed by atoms with Gasteiger partial charge in [0, 0.05) is 36.0 Å². The van der Waals surface area contributed by atoms with Gasteiger partial charge >= 0.3 is 6.09 Å². The van der Waals surface area contributed by atoms with Gasteiger partial charge in [0.2, 0.25) is 5.91 Å². The van der Waals surface area contributed by atoms with E-state index in [1.807, 2.05) is 30.3 Å². The van der Waals surface area contributed by atoms with Crippen LogP contribution in [0.3, 0.4) is 0 Å². The topological polar surface area (TPSA) is 111 Å². The van der Waals surface area contributed by atoms with Crippen molar-refractivity contribution in [3.63, 3.8) is 0 Å². The molecule has 3 atom stereocenters. The molecule has 37 heavy (non-hydrogen) atoms. The first kappa shape index (κ1) is 24.5. The third kappa shape index (κ3) is 5.46. The monoisotopic (exact) mass is 516 g/mol. The second-order valence-corrected chi connectivity index (χ2v) is 9.25. The summed E-state index contributed by atoms with van der Waals surface area (Å²) in [7, 11) is 1.67. The van der Waals surface area contributed by atoms with Crippen LogP contribution in [0.5, 0.6) is 0 Å². The highest BCUT2D eigenvalue weighted by atomic mass is 35.5. The molecule has 2 N–H and O–H groups in total. The molecule has 188 valence electrons. The van der Waals surface area contributed by atoms with E-state index in [1.165, 1.54) is 10.2 Å². The number of carbonyl (C=O) groups excluding carboxylic acids is 2. The van der Waals surface area contributed by atoms with Gasteiger partial charge in [-0.3, -0.25) is 10.1 Å². The van der Waals surface area contributed by atoms with E-state index in [9.17, 15) is 9.59 Å². The number of aromatic nitrogens is 4. The molecule has 1 fully saturated rings. The molecule has 1 aliphatic rings. The number of anilines is 2. The molecule has 2 heterocycles. The number of amides is 2. The second-order valence-electron chi connectivity index (χ2n) is 8.89. The van der Waals surface area contributed by atoms with Crippen LogP contribution in [-0.4, -0.2) is 32.0 Å². The van der Waals surface area contributed by atoms with Crippen molar-refractivity contribution in [2.45, 2.75) is 25.4 Å². The van der Waals surface area contributed by atoms with Crippen LogP contribution >= 0.6 is 11.6 Å². The van der Waals surface area contributed by atoms with Crippen LogP contribution < -0.4 is 10.6 Å². The Balaban J connectivity index is 1.22. The van der Waals surface area contributed by atoms with Gasteiger partial charge in [-0.1, -0.05) is 65.3 Å². The lowest BCUT2D eigenvalue weighted by molar-refractivity contribution is -0.117. The molecule has 0 bridgehead atoms. The fourth-order valence-electron chi connectivity index (χ4n) is 4.24. The number of hydrogen-bond donors (Lipinski definition) is 2. The Hall–Kier alpha value is -4.24. The van der Waals surface area contributed by atoms with Gasteiger partial charge < -0.3 is 10.1 Å². The number of carbonyl (C=O) groups is 2. The van der Waals surface area contributed by atoms with Crippen LogP contribution in [0, 0.1) is 5.92 Å². The molecule has 10 heteroatoms. The van der Waals surface area contributed by atoms with E-state index < -0.39 is 12.2 Å². The average molecular weight is 517 g/mol. The summed E-state index contributed by atoms with van der Waals surface area (Å²) in [6, 6.07) is 20.8. The summed E-state index contributed by atoms with van der Waals surface area (Å²) in [6.07, 6.45) is 1.13. The third-order valence-electron chi connectivity index (χ3n) is 6.34. The van der Waals surface area contributed by atoms with Crippen LogP contribution in [0.4, 0.5) is 16.3 Å². The fourth-order valence-corrected chi connectivity index (χ4v) is 4.52. The molecule has 0 aliphatic heterocycles. The molecular formula is C27H25ClN6O3. The van der Waals surface area contributed by atoms with Crippen molar-refractivity contribution < 1.29 is 14.3 Å². The van der Waals surface area contributed by atoms with Crippen LogP contribution in [0.2, 0.25) is 5.15 Å². The zero-order valence-electron chi connectivity index (χ0n) is 20.3. The number of aryl methyl sites for hydroxylation is 1. The van der Waals surface area contributed by atoms with Crippen molar-refractivity contribution in [3.8, 4) is 11.3 Å². The van der Waals surface area contributed by atoms with Crippen LogP contribution in [0.1, 0.15) is 36.5 Å². The van der Waals surface area contributed by atoms with Crippen molar-refractivity contribution in [1.82, 2.24) is 20.0 Å². The van der Waals surface area contributed by atoms with Crippen LogP contribution in [0.15, 0.2) is 72.9 Å². The minimum atomic E-state index is -0.680. The molecule has 0 unspecified atom stereocenters. The Bertz CT molecular complexity index is 1420. The van der Waals surface area contributed by atoms with Crippen LogP contribution in [-0.2, 0) is 16.6 Å². The second kappa shape index (κ2) is 10.4. The minimum absolute atomic E-state index is 0.00838. The van der Waals surface area contributed by atoms with Crippen LogP contribution in [0.25, 0.3) is 11.3 Å². The molecule has 1 aliphatic carbocycles. The molecule has 0 saturated heterocycles. The highest BCUT2D eigenvalue weighted by molar-refractivity contribution is 6.30. The van der Waals surface area contributed by atoms with Gasteiger partial charge in [-0.15, -0.1) is 5.10 Å². The first-order valence-corrected chi connectivity index (χ1v) is 12.2. The Kier molecular flexibility index (Phi) is 6.87. The molecule has 2 aromatic heterocycles. The maximum atomic E-state index is 12.7. The van der Waals surface area contributed by atoms with E-state index >= 15 is 0 Å². The van der Waals surface area contributed by atoms with Gasteiger partial charge in [-0.2, -0.15) is 0 Å². The number of halogens is 1. The van der Waals surface area contributed by atoms with Crippen molar-refractivity contribution in [2.24, 2.45) is 13.0 Å². The maximum Gasteiger partial charge on any atom is 0.413 e. The van der Waals surface area contributed by atoms with E-state index in [0.29, 0.717) is 22.8 Å². The first-order valence-electron chi connectivity index (χ1n) is 11.8. The van der Waals surface area contributed by atoms with E-state index in [-0.39, 0.29) is 22.9 Å². The Morgan fingerprint density at radius 1 is 1.05 bits per heavy atom. The minimum Gasteiger partial charge on any atom is -0.441 e. The summed E-state index contributed by atoms with van der Waals surface area (Å²) >= 11 is 6.10. The smallest absolute Gasteiger partial charge is 0.413 e. The molecule has 5 rings (SSSR count). The van der Waals surface area contributed by atoms with Gasteiger partial charge in [0.1, 0.15) is 17.0 Å². The number of rotatable bonds is 7. The predicted molar refractivity (Wildman–Crippen MR) is 140 cm³/mol. The third-order valence-corrected chi connectivity index (χ3v) is 6.65. The number of nitrogens with one attached hydrogen (secondary N) is 2. The van der Waals surface area contributed by atoms with Gasteiger partial charge in [0.05, 0.1) is 0 Å². The number of nitrogens with zero attached hydrogens (tertiary/aromatic N) is 4. The summed E-state index contributed by atoms with van der Waals surface area (Å²) in [5.74, 6) is 0.627. The summed E-state index contributed by atoms with van der Waals surface area (Å²) in [5.41, 5.74) is 3.67. The van der Waals surface area contributed by atoms with E-state index in [1.54, 1.807) is 44.4 Å². The highest BCUT2D eigenvalue weighted by Crippen LogP contribution is 2.47. The molecule has 2 amide bonds. The molecule has 1 saturated carbocycles. The van der Waals surface area contributed by atoms with Gasteiger partial charge in [-0.05, 0) is 43.0 Å². The lowest BCUT2D eigenvalue weighted by Gasteiger charge is -2.15. The van der Waals surface area contributed by atoms with Crippen molar-refractivity contribution in [2.75, 3.05) is 10.6 Å². The van der Waals surface area contributed by atoms with Crippen molar-refractivity contribution in [3.05, 3.63) is 89.2 Å². The molecule has 9 nitrogen and oxygen atoms in total. The Labute approximate surface area is 218 Å². The largest absolute Gasteiger partial charge is 0.441 e. The standard InChI is InChI=1S/C27H25ClN6O3/c1-16(20-9-6-14-29-24(20)28)37-27(36)31-25-23(32-33-34(25)2)18-10-12-19(13-11-18)30-26(35)22-15-21(22)17-7-4-3-5-8-17/h3-14,16,21-22H,15H2,1-2H3,(H,30,35)(H,31,36)/t16-,21+,22-/m1/s1. The summed E-state index contributed by atoms with van der Waals surface area (Å²) in [6.45, 7) is 1.71. The number of ether oxygens (including phenoxy) is 1. The maximum absolute atomic E-state index is 12.7. The molecule has 0 radical (unpaired) electrons. The highest BCUT2D eigenvalue weighted by Gasteiger charge is 2.43. The van der Waals surface area contributed by atoms with Crippen molar-refractivity contribution in [1.29, 1.82) is 0 Å². The summed E-state index contributed by atoms with van der Waals surface area (Å²) in [4.78, 5) is 29.3. The Morgan fingerprint density at radius 3 is 2.54 bits per heavy atom. The van der Waals surface area contributed by atoms with Gasteiger partial charge in [0.25, 0.3) is 0 Å². The van der Waals surface area contributed by atoms with Crippen molar-refractivity contribution >= 4 is 35.1 Å². The SMILES string of the molecule is C[C@@H](OC(=O)Nc1c(-c2ccc(NC(=O)[C@@H]3C[C@H]3c3ccccc3)cc2)nnn1C)c1cccnc1Cl. The first-order chi connectivity index (χ1) is 17.9. The summed E-state index contributed by atoms with van der Waals surface area (Å²) < 4.78 is 6.93. The lowest BCUT2D eigenvalue weighted by atomic mass is 10.1. The number of benzene rings is 2. The number of hydrogen-bond acceptors (Lipinski definition) is 6. The molecule has 4 aromatic rings. The lowest BCUT2D eigenvalue weighted by Crippen LogP contribution is -2.18. The molecular weight excluding hydrogens is 492 g/mol. The van der Waals surface area contributed by atoms with E-state index in [4.69, 9.17) is 16.3 Å². The predicted octanol–water partition coefficient (Wildman–Crippen LogP) is 5.58. The van der Waals surface area contributed by atoms with Gasteiger partial charge in [-0.25, -0.2) is 14.5 Å². The summed E-state index contributed by atoms with van der Waals surface area (Å²) in [5, 5.41) is 14.2. The van der Waals surface area contributed by atoms with E-state index in [2.05, 4.69) is 38.1 Å². The normalized spacial score (nSPS) is 17.1. The fraction of sp³-hybridized carbons (Fsp3) is 0.222. The zero-order valence-corrected chi connectivity index (χ0v) is 21.0. The Morgan fingerprint density at radius 2 is 1.81 bits per heavy atom. The van der Waals surface area contributed by atoms with E-state index in [0.717, 1.165) is 12.0 Å². The quantitative estimate of drug-likeness (QED) is 0.310. The van der Waals surface area contributed by atoms with Gasteiger partial charge in [0.15, 0.2) is 5.82 Å².